The van der Waals surface area contributed by atoms with Crippen LogP contribution in [0.25, 0.3) is 0 Å². The summed E-state index contributed by atoms with van der Waals surface area (Å²) in [5.74, 6) is -0.300. The van der Waals surface area contributed by atoms with Crippen molar-refractivity contribution in [2.24, 2.45) is 0 Å². The van der Waals surface area contributed by atoms with E-state index in [4.69, 9.17) is 0 Å². The molecule has 0 saturated heterocycles. The molecule has 0 unspecified atom stereocenters. The van der Waals surface area contributed by atoms with Gasteiger partial charge in [0.05, 0.1) is 17.5 Å². The van der Waals surface area contributed by atoms with Gasteiger partial charge in [-0.05, 0) is 79.3 Å². The number of thioether (sulfide) groups is 1. The van der Waals surface area contributed by atoms with Gasteiger partial charge in [-0.2, -0.15) is 4.31 Å². The van der Waals surface area contributed by atoms with Crippen LogP contribution < -0.4 is 5.32 Å². The van der Waals surface area contributed by atoms with Crippen molar-refractivity contribution in [1.29, 1.82) is 0 Å². The summed E-state index contributed by atoms with van der Waals surface area (Å²) in [7, 11) is -2.27. The van der Waals surface area contributed by atoms with Crippen LogP contribution in [-0.2, 0) is 27.7 Å². The standard InChI is InChI=1S/C23H30N2O3S2/c1-4-22(19-10-9-17-7-5-6-8-18(17)15-19)24-23(26)16-25(2)30(27,28)21-13-11-20(29-3)12-14-21/h9-15,22H,4-8,16H2,1-3H3,(H,24,26)/t22-/m0/s1. The Morgan fingerprint density at radius 1 is 1.10 bits per heavy atom. The van der Waals surface area contributed by atoms with Gasteiger partial charge < -0.3 is 5.32 Å². The van der Waals surface area contributed by atoms with Gasteiger partial charge in [0, 0.05) is 11.9 Å². The van der Waals surface area contributed by atoms with Crippen molar-refractivity contribution < 1.29 is 13.2 Å². The van der Waals surface area contributed by atoms with Gasteiger partial charge in [-0.1, -0.05) is 25.1 Å². The van der Waals surface area contributed by atoms with E-state index in [1.54, 1.807) is 36.0 Å². The molecule has 0 heterocycles. The number of hydrogen-bond acceptors (Lipinski definition) is 4. The minimum Gasteiger partial charge on any atom is -0.348 e. The number of fused-ring (bicyclic) bond motifs is 1. The van der Waals surface area contributed by atoms with Gasteiger partial charge >= 0.3 is 0 Å². The van der Waals surface area contributed by atoms with Gasteiger partial charge in [-0.15, -0.1) is 11.8 Å². The van der Waals surface area contributed by atoms with E-state index in [1.165, 1.54) is 31.0 Å². The Labute approximate surface area is 184 Å². The number of carbonyl (C=O) groups excluding carboxylic acids is 1. The Balaban J connectivity index is 1.66. The fraction of sp³-hybridized carbons (Fsp3) is 0.435. The lowest BCUT2D eigenvalue weighted by Crippen LogP contribution is -2.39. The Hall–Kier alpha value is -1.83. The van der Waals surface area contributed by atoms with Gasteiger partial charge in [0.25, 0.3) is 0 Å². The molecular formula is C23H30N2O3S2. The van der Waals surface area contributed by atoms with E-state index in [2.05, 4.69) is 23.5 Å². The van der Waals surface area contributed by atoms with Gasteiger partial charge in [0.15, 0.2) is 0 Å². The number of likely N-dealkylation sites (N-methyl/N-ethyl adjacent to an activating group) is 1. The molecule has 0 saturated carbocycles. The average molecular weight is 447 g/mol. The normalized spacial score (nSPS) is 14.9. The van der Waals surface area contributed by atoms with Crippen LogP contribution in [0.15, 0.2) is 52.3 Å². The molecule has 1 amide bonds. The molecule has 30 heavy (non-hydrogen) atoms. The highest BCUT2D eigenvalue weighted by atomic mass is 32.2. The minimum absolute atomic E-state index is 0.123. The number of hydrogen-bond donors (Lipinski definition) is 1. The van der Waals surface area contributed by atoms with Crippen LogP contribution in [0, 0.1) is 0 Å². The summed E-state index contributed by atoms with van der Waals surface area (Å²) in [6.07, 6.45) is 7.34. The Kier molecular flexibility index (Phi) is 7.60. The predicted octanol–water partition coefficient (Wildman–Crippen LogP) is 4.18. The third-order valence-corrected chi connectivity index (χ3v) is 8.21. The minimum atomic E-state index is -3.72. The van der Waals surface area contributed by atoms with Gasteiger partial charge in [0.2, 0.25) is 15.9 Å². The number of amides is 1. The fourth-order valence-electron chi connectivity index (χ4n) is 3.85. The van der Waals surface area contributed by atoms with Crippen molar-refractivity contribution in [2.45, 2.75) is 54.9 Å². The summed E-state index contributed by atoms with van der Waals surface area (Å²) in [6.45, 7) is 1.81. The molecule has 0 aliphatic heterocycles. The second-order valence-corrected chi connectivity index (χ2v) is 10.6. The quantitative estimate of drug-likeness (QED) is 0.618. The molecule has 162 valence electrons. The molecule has 2 aromatic carbocycles. The summed E-state index contributed by atoms with van der Waals surface area (Å²) in [4.78, 5) is 13.8. The molecule has 0 aromatic heterocycles. The molecule has 0 bridgehead atoms. The van der Waals surface area contributed by atoms with E-state index in [1.807, 2.05) is 13.2 Å². The topological polar surface area (TPSA) is 66.5 Å². The number of nitrogens with one attached hydrogen (secondary N) is 1. The monoisotopic (exact) mass is 446 g/mol. The molecule has 3 rings (SSSR count). The number of aryl methyl sites for hydroxylation is 2. The second kappa shape index (κ2) is 9.98. The molecule has 1 aliphatic carbocycles. The van der Waals surface area contributed by atoms with Crippen LogP contribution >= 0.6 is 11.8 Å². The van der Waals surface area contributed by atoms with Gasteiger partial charge in [-0.3, -0.25) is 4.79 Å². The highest BCUT2D eigenvalue weighted by Crippen LogP contribution is 2.26. The molecule has 0 spiro atoms. The number of sulfonamides is 1. The maximum atomic E-state index is 12.8. The zero-order valence-corrected chi connectivity index (χ0v) is 19.5. The number of nitrogens with zero attached hydrogens (tertiary/aromatic N) is 1. The Bertz CT molecular complexity index is 988. The second-order valence-electron chi connectivity index (χ2n) is 7.70. The van der Waals surface area contributed by atoms with E-state index >= 15 is 0 Å². The molecule has 0 fully saturated rings. The fourth-order valence-corrected chi connectivity index (χ4v) is 5.38. The van der Waals surface area contributed by atoms with Crippen molar-refractivity contribution in [3.05, 3.63) is 59.2 Å². The van der Waals surface area contributed by atoms with Crippen LogP contribution in [0.5, 0.6) is 0 Å². The van der Waals surface area contributed by atoms with Crippen LogP contribution in [0.2, 0.25) is 0 Å². The first-order valence-corrected chi connectivity index (χ1v) is 13.0. The van der Waals surface area contributed by atoms with Crippen molar-refractivity contribution in [3.8, 4) is 0 Å². The summed E-state index contributed by atoms with van der Waals surface area (Å²) in [5.41, 5.74) is 3.87. The third kappa shape index (κ3) is 5.25. The van der Waals surface area contributed by atoms with Crippen molar-refractivity contribution in [2.75, 3.05) is 19.8 Å². The molecule has 1 N–H and O–H groups in total. The lowest BCUT2D eigenvalue weighted by Gasteiger charge is -2.23. The first kappa shape index (κ1) is 22.8. The smallest absolute Gasteiger partial charge is 0.243 e. The molecular weight excluding hydrogens is 416 g/mol. The number of rotatable bonds is 8. The molecule has 1 aliphatic rings. The zero-order chi connectivity index (χ0) is 21.7. The largest absolute Gasteiger partial charge is 0.348 e. The molecule has 1 atom stereocenters. The first-order chi connectivity index (χ1) is 14.3. The predicted molar refractivity (Wildman–Crippen MR) is 122 cm³/mol. The van der Waals surface area contributed by atoms with Crippen LogP contribution in [0.1, 0.15) is 48.9 Å². The third-order valence-electron chi connectivity index (χ3n) is 5.65. The molecule has 5 nitrogen and oxygen atoms in total. The van der Waals surface area contributed by atoms with Crippen LogP contribution in [0.4, 0.5) is 0 Å². The summed E-state index contributed by atoms with van der Waals surface area (Å²) >= 11 is 1.55. The molecule has 0 radical (unpaired) electrons. The van der Waals surface area contributed by atoms with Crippen LogP contribution in [0.3, 0.4) is 0 Å². The van der Waals surface area contributed by atoms with Crippen molar-refractivity contribution >= 4 is 27.7 Å². The summed E-state index contributed by atoms with van der Waals surface area (Å²) in [6, 6.07) is 13.1. The lowest BCUT2D eigenvalue weighted by atomic mass is 9.89. The zero-order valence-electron chi connectivity index (χ0n) is 17.8. The summed E-state index contributed by atoms with van der Waals surface area (Å²) < 4.78 is 26.7. The van der Waals surface area contributed by atoms with Crippen molar-refractivity contribution in [3.63, 3.8) is 0 Å². The Morgan fingerprint density at radius 3 is 2.40 bits per heavy atom. The summed E-state index contributed by atoms with van der Waals surface area (Å²) in [5, 5.41) is 3.01. The first-order valence-electron chi connectivity index (χ1n) is 10.4. The average Bonchev–Trinajstić information content (AvgIpc) is 2.77. The Morgan fingerprint density at radius 2 is 1.77 bits per heavy atom. The van der Waals surface area contributed by atoms with E-state index < -0.39 is 10.0 Å². The van der Waals surface area contributed by atoms with Crippen LogP contribution in [-0.4, -0.2) is 38.5 Å². The number of benzene rings is 2. The number of carbonyl (C=O) groups is 1. The maximum Gasteiger partial charge on any atom is 0.243 e. The SMILES string of the molecule is CC[C@H](NC(=O)CN(C)S(=O)(=O)c1ccc(SC)cc1)c1ccc2c(c1)CCCC2. The van der Waals surface area contributed by atoms with E-state index in [0.29, 0.717) is 0 Å². The van der Waals surface area contributed by atoms with Crippen molar-refractivity contribution in [1.82, 2.24) is 9.62 Å². The maximum absolute atomic E-state index is 12.8. The molecule has 2 aromatic rings. The van der Waals surface area contributed by atoms with Gasteiger partial charge in [-0.25, -0.2) is 8.42 Å². The van der Waals surface area contributed by atoms with E-state index in [9.17, 15) is 13.2 Å². The molecule has 7 heteroatoms. The highest BCUT2D eigenvalue weighted by molar-refractivity contribution is 7.98. The van der Waals surface area contributed by atoms with E-state index in [0.717, 1.165) is 34.0 Å². The lowest BCUT2D eigenvalue weighted by molar-refractivity contribution is -0.121. The van der Waals surface area contributed by atoms with E-state index in [-0.39, 0.29) is 23.4 Å². The van der Waals surface area contributed by atoms with Gasteiger partial charge in [0.1, 0.15) is 0 Å². The highest BCUT2D eigenvalue weighted by Gasteiger charge is 2.24.